The van der Waals surface area contributed by atoms with Crippen molar-refractivity contribution >= 4 is 0 Å². The molecule has 2 aliphatic heterocycles. The highest BCUT2D eigenvalue weighted by molar-refractivity contribution is 5.25. The molecule has 4 heteroatoms. The molecule has 2 fully saturated rings. The zero-order chi connectivity index (χ0) is 17.3. The third kappa shape index (κ3) is 3.39. The zero-order valence-electron chi connectivity index (χ0n) is 15.1. The Hall–Kier alpha value is -1.62. The summed E-state index contributed by atoms with van der Waals surface area (Å²) in [7, 11) is 2.11. The summed E-state index contributed by atoms with van der Waals surface area (Å²) in [5, 5.41) is 13.1. The maximum Gasteiger partial charge on any atom is 0.0920 e. The molecule has 0 aromatic heterocycles. The topological polar surface area (TPSA) is 38.7 Å². The van der Waals surface area contributed by atoms with E-state index in [0.29, 0.717) is 11.8 Å². The van der Waals surface area contributed by atoms with Gasteiger partial charge in [0.2, 0.25) is 0 Å². The largest absolute Gasteiger partial charge is 0.385 e. The molecular weight excluding hydrogens is 310 g/mol. The van der Waals surface area contributed by atoms with Gasteiger partial charge in [-0.15, -0.1) is 0 Å². The minimum atomic E-state index is -0.642. The van der Waals surface area contributed by atoms with Gasteiger partial charge in [-0.25, -0.2) is 5.43 Å². The number of hydrogen-bond acceptors (Lipinski definition) is 4. The third-order valence-corrected chi connectivity index (χ3v) is 6.23. The van der Waals surface area contributed by atoms with Crippen LogP contribution in [0.2, 0.25) is 0 Å². The summed E-state index contributed by atoms with van der Waals surface area (Å²) < 4.78 is 0. The van der Waals surface area contributed by atoms with Crippen LogP contribution in [0.15, 0.2) is 54.3 Å². The highest BCUT2D eigenvalue weighted by atomic mass is 16.3. The van der Waals surface area contributed by atoms with E-state index in [4.69, 9.17) is 0 Å². The van der Waals surface area contributed by atoms with Crippen LogP contribution in [0.3, 0.4) is 0 Å². The number of aliphatic hydroxyl groups is 1. The van der Waals surface area contributed by atoms with Crippen molar-refractivity contribution in [2.24, 2.45) is 11.8 Å². The van der Waals surface area contributed by atoms with E-state index in [-0.39, 0.29) is 0 Å². The summed E-state index contributed by atoms with van der Waals surface area (Å²) in [4.78, 5) is 2.52. The van der Waals surface area contributed by atoms with Crippen molar-refractivity contribution in [1.82, 2.24) is 15.3 Å². The number of rotatable bonds is 4. The number of nitrogens with one attached hydrogen (secondary N) is 1. The molecule has 2 heterocycles. The van der Waals surface area contributed by atoms with Crippen LogP contribution in [0.25, 0.3) is 0 Å². The van der Waals surface area contributed by atoms with Gasteiger partial charge in [-0.2, -0.15) is 0 Å². The number of fused-ring (bicyclic) bond motifs is 1. The quantitative estimate of drug-likeness (QED) is 0.884. The van der Waals surface area contributed by atoms with Crippen LogP contribution in [0.4, 0.5) is 0 Å². The molecule has 4 rings (SSSR count). The molecule has 2 N–H and O–H groups in total. The Bertz CT molecular complexity index is 646. The van der Waals surface area contributed by atoms with Crippen LogP contribution in [0, 0.1) is 11.8 Å². The minimum Gasteiger partial charge on any atom is -0.385 e. The molecule has 1 aliphatic carbocycles. The Morgan fingerprint density at radius 2 is 1.96 bits per heavy atom. The van der Waals surface area contributed by atoms with E-state index in [1.165, 1.54) is 12.1 Å². The molecule has 1 aromatic rings. The van der Waals surface area contributed by atoms with Gasteiger partial charge in [0.25, 0.3) is 0 Å². The van der Waals surface area contributed by atoms with E-state index < -0.39 is 5.60 Å². The van der Waals surface area contributed by atoms with Crippen molar-refractivity contribution in [3.8, 4) is 0 Å². The lowest BCUT2D eigenvalue weighted by molar-refractivity contribution is -0.0266. The lowest BCUT2D eigenvalue weighted by atomic mass is 9.82. The van der Waals surface area contributed by atoms with Gasteiger partial charge >= 0.3 is 0 Å². The van der Waals surface area contributed by atoms with E-state index in [0.717, 1.165) is 44.6 Å². The Morgan fingerprint density at radius 1 is 1.20 bits per heavy atom. The molecule has 25 heavy (non-hydrogen) atoms. The van der Waals surface area contributed by atoms with Crippen LogP contribution in [0.1, 0.15) is 24.8 Å². The fourth-order valence-electron chi connectivity index (χ4n) is 4.53. The number of hydrogen-bond donors (Lipinski definition) is 2. The molecule has 4 nitrogen and oxygen atoms in total. The van der Waals surface area contributed by atoms with Crippen molar-refractivity contribution < 1.29 is 5.11 Å². The lowest BCUT2D eigenvalue weighted by Gasteiger charge is -2.39. The van der Waals surface area contributed by atoms with E-state index >= 15 is 0 Å². The summed E-state index contributed by atoms with van der Waals surface area (Å²) in [6.45, 7) is 4.12. The second-order valence-corrected chi connectivity index (χ2v) is 7.70. The first-order chi connectivity index (χ1) is 12.2. The Kier molecular flexibility index (Phi) is 4.67. The SMILES string of the molecule is CN1NCC2C1=CC=CC2CCN1CCC(O)(c2ccccc2)CC1. The number of allylic oxidation sites excluding steroid dienone is 3. The standard InChI is InChI=1S/C21H29N3O/c1-23-20-9-5-6-17(19(20)16-22-23)10-13-24-14-11-21(25,12-15-24)18-7-3-2-4-8-18/h2-9,17,19,22,25H,10-16H2,1H3. The molecule has 0 bridgehead atoms. The molecule has 0 saturated carbocycles. The maximum absolute atomic E-state index is 11.0. The number of nitrogens with zero attached hydrogens (tertiary/aromatic N) is 2. The van der Waals surface area contributed by atoms with Crippen LogP contribution in [-0.2, 0) is 5.60 Å². The predicted molar refractivity (Wildman–Crippen MR) is 101 cm³/mol. The zero-order valence-corrected chi connectivity index (χ0v) is 15.1. The highest BCUT2D eigenvalue weighted by Crippen LogP contribution is 2.35. The van der Waals surface area contributed by atoms with Gasteiger partial charge < -0.3 is 15.0 Å². The van der Waals surface area contributed by atoms with Gasteiger partial charge in [0.05, 0.1) is 5.60 Å². The minimum absolute atomic E-state index is 0.612. The van der Waals surface area contributed by atoms with Crippen molar-refractivity contribution in [2.45, 2.75) is 24.9 Å². The molecule has 0 amide bonds. The van der Waals surface area contributed by atoms with Crippen LogP contribution < -0.4 is 5.43 Å². The number of likely N-dealkylation sites (tertiary alicyclic amines) is 1. The highest BCUT2D eigenvalue weighted by Gasteiger charge is 2.35. The Labute approximate surface area is 150 Å². The molecular formula is C21H29N3O. The average molecular weight is 339 g/mol. The fraction of sp³-hybridized carbons (Fsp3) is 0.524. The van der Waals surface area contributed by atoms with Crippen LogP contribution in [0.5, 0.6) is 0 Å². The van der Waals surface area contributed by atoms with Crippen molar-refractivity contribution in [1.29, 1.82) is 0 Å². The first kappa shape index (κ1) is 16.8. The molecule has 1 aromatic carbocycles. The first-order valence-electron chi connectivity index (χ1n) is 9.52. The smallest absolute Gasteiger partial charge is 0.0920 e. The summed E-state index contributed by atoms with van der Waals surface area (Å²) in [5.74, 6) is 1.23. The van der Waals surface area contributed by atoms with Crippen LogP contribution in [-0.4, -0.2) is 48.2 Å². The van der Waals surface area contributed by atoms with Gasteiger partial charge in [-0.1, -0.05) is 42.5 Å². The molecule has 134 valence electrons. The van der Waals surface area contributed by atoms with E-state index in [1.54, 1.807) is 0 Å². The van der Waals surface area contributed by atoms with Crippen LogP contribution >= 0.6 is 0 Å². The molecule has 2 unspecified atom stereocenters. The second-order valence-electron chi connectivity index (χ2n) is 7.70. The second kappa shape index (κ2) is 6.94. The van der Waals surface area contributed by atoms with E-state index in [9.17, 15) is 5.11 Å². The molecule has 0 spiro atoms. The van der Waals surface area contributed by atoms with E-state index in [1.807, 2.05) is 18.2 Å². The number of hydrazine groups is 1. The summed E-state index contributed by atoms with van der Waals surface area (Å²) in [6, 6.07) is 10.2. The third-order valence-electron chi connectivity index (χ3n) is 6.23. The summed E-state index contributed by atoms with van der Waals surface area (Å²) in [5.41, 5.74) is 5.28. The molecule has 3 aliphatic rings. The van der Waals surface area contributed by atoms with E-state index in [2.05, 4.69) is 52.7 Å². The van der Waals surface area contributed by atoms with Gasteiger partial charge in [0.1, 0.15) is 0 Å². The normalized spacial score (nSPS) is 28.7. The first-order valence-corrected chi connectivity index (χ1v) is 9.52. The lowest BCUT2D eigenvalue weighted by Crippen LogP contribution is -2.43. The number of benzene rings is 1. The monoisotopic (exact) mass is 339 g/mol. The Balaban J connectivity index is 1.30. The maximum atomic E-state index is 11.0. The van der Waals surface area contributed by atoms with Crippen molar-refractivity contribution in [3.63, 3.8) is 0 Å². The molecule has 2 saturated heterocycles. The summed E-state index contributed by atoms with van der Waals surface area (Å²) >= 11 is 0. The Morgan fingerprint density at radius 3 is 2.72 bits per heavy atom. The van der Waals surface area contributed by atoms with Gasteiger partial charge in [-0.05, 0) is 43.4 Å². The van der Waals surface area contributed by atoms with Gasteiger partial charge in [-0.3, -0.25) is 0 Å². The molecule has 2 atom stereocenters. The summed E-state index contributed by atoms with van der Waals surface area (Å²) in [6.07, 6.45) is 9.68. The van der Waals surface area contributed by atoms with Crippen molar-refractivity contribution in [2.75, 3.05) is 33.2 Å². The van der Waals surface area contributed by atoms with Crippen molar-refractivity contribution in [3.05, 3.63) is 59.8 Å². The van der Waals surface area contributed by atoms with Gasteiger partial charge in [0, 0.05) is 38.3 Å². The van der Waals surface area contributed by atoms with Gasteiger partial charge in [0.15, 0.2) is 0 Å². The molecule has 0 radical (unpaired) electrons. The fourth-order valence-corrected chi connectivity index (χ4v) is 4.53. The predicted octanol–water partition coefficient (Wildman–Crippen LogP) is 2.50. The number of piperidine rings is 1. The average Bonchev–Trinajstić information content (AvgIpc) is 3.04.